The van der Waals surface area contributed by atoms with E-state index in [-0.39, 0.29) is 5.92 Å². The first-order valence-electron chi connectivity index (χ1n) is 6.04. The number of amides is 1. The third-order valence-corrected chi connectivity index (χ3v) is 3.22. The highest BCUT2D eigenvalue weighted by Gasteiger charge is 2.32. The summed E-state index contributed by atoms with van der Waals surface area (Å²) in [7, 11) is 1.96. The molecule has 1 N–H and O–H groups in total. The first-order chi connectivity index (χ1) is 7.07. The monoisotopic (exact) mass is 212 g/mol. The minimum Gasteiger partial charge on any atom is -0.336 e. The minimum atomic E-state index is 0.116. The van der Waals surface area contributed by atoms with Crippen LogP contribution >= 0.6 is 0 Å². The topological polar surface area (TPSA) is 32.3 Å². The molecule has 0 aromatic carbocycles. The standard InChI is InChI=1S/C12H24N2O/c1-9(2)12(15)14-10(3)6-5-7-11(14)8-13-4/h9-11,13H,5-8H2,1-4H3. The van der Waals surface area contributed by atoms with Crippen molar-refractivity contribution < 1.29 is 4.79 Å². The normalized spacial score (nSPS) is 27.1. The lowest BCUT2D eigenvalue weighted by atomic mass is 9.94. The van der Waals surface area contributed by atoms with Crippen LogP contribution in [0.3, 0.4) is 0 Å². The second-order valence-corrected chi connectivity index (χ2v) is 4.89. The van der Waals surface area contributed by atoms with Crippen LogP contribution in [0.15, 0.2) is 0 Å². The Morgan fingerprint density at radius 3 is 2.67 bits per heavy atom. The van der Waals surface area contributed by atoms with Gasteiger partial charge < -0.3 is 10.2 Å². The van der Waals surface area contributed by atoms with Gasteiger partial charge in [0.05, 0.1) is 0 Å². The predicted molar refractivity (Wildman–Crippen MR) is 62.7 cm³/mol. The van der Waals surface area contributed by atoms with Crippen molar-refractivity contribution in [1.82, 2.24) is 10.2 Å². The zero-order valence-electron chi connectivity index (χ0n) is 10.4. The van der Waals surface area contributed by atoms with Crippen molar-refractivity contribution in [2.24, 2.45) is 5.92 Å². The van der Waals surface area contributed by atoms with E-state index in [1.807, 2.05) is 20.9 Å². The van der Waals surface area contributed by atoms with Crippen LogP contribution in [0.5, 0.6) is 0 Å². The number of hydrogen-bond donors (Lipinski definition) is 1. The van der Waals surface area contributed by atoms with Crippen LogP contribution in [0.25, 0.3) is 0 Å². The van der Waals surface area contributed by atoms with Crippen molar-refractivity contribution in [2.75, 3.05) is 13.6 Å². The van der Waals surface area contributed by atoms with Crippen LogP contribution in [0.4, 0.5) is 0 Å². The predicted octanol–water partition coefficient (Wildman–Crippen LogP) is 1.63. The number of piperidine rings is 1. The van der Waals surface area contributed by atoms with Gasteiger partial charge in [-0.2, -0.15) is 0 Å². The lowest BCUT2D eigenvalue weighted by Crippen LogP contribution is -2.53. The van der Waals surface area contributed by atoms with Gasteiger partial charge in [0.15, 0.2) is 0 Å². The van der Waals surface area contributed by atoms with E-state index in [0.29, 0.717) is 18.0 Å². The van der Waals surface area contributed by atoms with E-state index < -0.39 is 0 Å². The summed E-state index contributed by atoms with van der Waals surface area (Å²) in [6.45, 7) is 7.06. The van der Waals surface area contributed by atoms with Gasteiger partial charge in [-0.25, -0.2) is 0 Å². The highest BCUT2D eigenvalue weighted by atomic mass is 16.2. The number of nitrogens with one attached hydrogen (secondary N) is 1. The van der Waals surface area contributed by atoms with E-state index in [1.165, 1.54) is 6.42 Å². The van der Waals surface area contributed by atoms with Crippen molar-refractivity contribution in [3.63, 3.8) is 0 Å². The van der Waals surface area contributed by atoms with Gasteiger partial charge in [-0.1, -0.05) is 13.8 Å². The summed E-state index contributed by atoms with van der Waals surface area (Å²) in [6, 6.07) is 0.806. The van der Waals surface area contributed by atoms with Gasteiger partial charge in [0.2, 0.25) is 5.91 Å². The SMILES string of the molecule is CNCC1CCCC(C)N1C(=O)C(C)C. The summed E-state index contributed by atoms with van der Waals surface area (Å²) in [5.41, 5.74) is 0. The van der Waals surface area contributed by atoms with Gasteiger partial charge in [0.1, 0.15) is 0 Å². The smallest absolute Gasteiger partial charge is 0.225 e. The Morgan fingerprint density at radius 2 is 2.13 bits per heavy atom. The van der Waals surface area contributed by atoms with Crippen molar-refractivity contribution in [1.29, 1.82) is 0 Å². The third-order valence-electron chi connectivity index (χ3n) is 3.22. The largest absolute Gasteiger partial charge is 0.336 e. The van der Waals surface area contributed by atoms with Crippen molar-refractivity contribution in [3.8, 4) is 0 Å². The molecule has 0 aliphatic carbocycles. The van der Waals surface area contributed by atoms with Crippen LogP contribution in [-0.2, 0) is 4.79 Å². The average molecular weight is 212 g/mol. The zero-order valence-corrected chi connectivity index (χ0v) is 10.4. The number of hydrogen-bond acceptors (Lipinski definition) is 2. The van der Waals surface area contributed by atoms with Gasteiger partial charge in [0.25, 0.3) is 0 Å². The number of carbonyl (C=O) groups excluding carboxylic acids is 1. The molecule has 2 unspecified atom stereocenters. The van der Waals surface area contributed by atoms with Gasteiger partial charge in [-0.3, -0.25) is 4.79 Å². The molecule has 0 spiro atoms. The van der Waals surface area contributed by atoms with Crippen LogP contribution in [0, 0.1) is 5.92 Å². The van der Waals surface area contributed by atoms with E-state index in [4.69, 9.17) is 0 Å². The summed E-state index contributed by atoms with van der Waals surface area (Å²) < 4.78 is 0. The van der Waals surface area contributed by atoms with Gasteiger partial charge in [0, 0.05) is 24.5 Å². The fraction of sp³-hybridized carbons (Fsp3) is 0.917. The molecule has 1 amide bonds. The van der Waals surface area contributed by atoms with Crippen LogP contribution in [0.2, 0.25) is 0 Å². The Hall–Kier alpha value is -0.570. The Balaban J connectivity index is 2.72. The van der Waals surface area contributed by atoms with Crippen LogP contribution < -0.4 is 5.32 Å². The van der Waals surface area contributed by atoms with E-state index >= 15 is 0 Å². The first kappa shape index (κ1) is 12.5. The molecule has 0 aromatic heterocycles. The second-order valence-electron chi connectivity index (χ2n) is 4.89. The molecule has 1 aliphatic rings. The molecular weight excluding hydrogens is 188 g/mol. The summed E-state index contributed by atoms with van der Waals surface area (Å²) in [4.78, 5) is 14.2. The van der Waals surface area contributed by atoms with E-state index in [9.17, 15) is 4.79 Å². The molecule has 0 bridgehead atoms. The summed E-state index contributed by atoms with van der Waals surface area (Å²) in [6.07, 6.45) is 3.54. The Labute approximate surface area is 93.2 Å². The Bertz CT molecular complexity index is 214. The minimum absolute atomic E-state index is 0.116. The highest BCUT2D eigenvalue weighted by Crippen LogP contribution is 2.24. The zero-order chi connectivity index (χ0) is 11.4. The molecule has 88 valence electrons. The quantitative estimate of drug-likeness (QED) is 0.771. The summed E-state index contributed by atoms with van der Waals surface area (Å²) in [5, 5.41) is 3.19. The maximum atomic E-state index is 12.1. The lowest BCUT2D eigenvalue weighted by molar-refractivity contribution is -0.141. The molecule has 1 heterocycles. The first-order valence-corrected chi connectivity index (χ1v) is 6.04. The third kappa shape index (κ3) is 2.94. The number of rotatable bonds is 3. The van der Waals surface area contributed by atoms with Crippen molar-refractivity contribution in [3.05, 3.63) is 0 Å². The fourth-order valence-electron chi connectivity index (χ4n) is 2.42. The second kappa shape index (κ2) is 5.50. The fourth-order valence-corrected chi connectivity index (χ4v) is 2.42. The number of likely N-dealkylation sites (tertiary alicyclic amines) is 1. The molecule has 3 heteroatoms. The molecule has 0 radical (unpaired) electrons. The van der Waals surface area contributed by atoms with E-state index in [0.717, 1.165) is 19.4 Å². The lowest BCUT2D eigenvalue weighted by Gasteiger charge is -2.41. The molecule has 1 aliphatic heterocycles. The van der Waals surface area contributed by atoms with Crippen molar-refractivity contribution in [2.45, 2.75) is 52.1 Å². The number of carbonyl (C=O) groups is 1. The van der Waals surface area contributed by atoms with Gasteiger partial charge >= 0.3 is 0 Å². The molecule has 0 aromatic rings. The van der Waals surface area contributed by atoms with Gasteiger partial charge in [-0.15, -0.1) is 0 Å². The van der Waals surface area contributed by atoms with E-state index in [1.54, 1.807) is 0 Å². The highest BCUT2D eigenvalue weighted by molar-refractivity contribution is 5.78. The van der Waals surface area contributed by atoms with Crippen LogP contribution in [0.1, 0.15) is 40.0 Å². The van der Waals surface area contributed by atoms with Gasteiger partial charge in [-0.05, 0) is 33.2 Å². The Morgan fingerprint density at radius 1 is 1.47 bits per heavy atom. The molecule has 0 saturated carbocycles. The molecule has 15 heavy (non-hydrogen) atoms. The number of likely N-dealkylation sites (N-methyl/N-ethyl adjacent to an activating group) is 1. The summed E-state index contributed by atoms with van der Waals surface area (Å²) in [5.74, 6) is 0.423. The molecular formula is C12H24N2O. The molecule has 1 fully saturated rings. The maximum absolute atomic E-state index is 12.1. The Kier molecular flexibility index (Phi) is 4.58. The molecule has 1 saturated heterocycles. The number of nitrogens with zero attached hydrogens (tertiary/aromatic N) is 1. The average Bonchev–Trinajstić information content (AvgIpc) is 2.17. The molecule has 3 nitrogen and oxygen atoms in total. The molecule has 2 atom stereocenters. The van der Waals surface area contributed by atoms with Crippen molar-refractivity contribution >= 4 is 5.91 Å². The van der Waals surface area contributed by atoms with Crippen LogP contribution in [-0.4, -0.2) is 36.5 Å². The van der Waals surface area contributed by atoms with E-state index in [2.05, 4.69) is 17.1 Å². The maximum Gasteiger partial charge on any atom is 0.225 e. The summed E-state index contributed by atoms with van der Waals surface area (Å²) >= 11 is 0. The molecule has 1 rings (SSSR count).